The van der Waals surface area contributed by atoms with Crippen LogP contribution < -0.4 is 5.32 Å². The lowest BCUT2D eigenvalue weighted by atomic mass is 10.0. The molecule has 1 amide bonds. The zero-order chi connectivity index (χ0) is 20.6. The maximum absolute atomic E-state index is 12.5. The molecule has 0 unspecified atom stereocenters. The number of piperidine rings is 1. The van der Waals surface area contributed by atoms with Gasteiger partial charge in [-0.2, -0.15) is 9.57 Å². The topological polar surface area (TPSA) is 123 Å². The number of rotatable bonds is 5. The van der Waals surface area contributed by atoms with Crippen LogP contribution in [0.2, 0.25) is 0 Å². The van der Waals surface area contributed by atoms with Crippen molar-refractivity contribution >= 4 is 16.7 Å². The van der Waals surface area contributed by atoms with Crippen LogP contribution in [0.1, 0.15) is 60.3 Å². The van der Waals surface area contributed by atoms with Gasteiger partial charge in [-0.3, -0.25) is 13.9 Å². The van der Waals surface area contributed by atoms with E-state index in [-0.39, 0.29) is 18.0 Å². The molecule has 1 saturated carbocycles. The van der Waals surface area contributed by atoms with E-state index in [2.05, 4.69) is 10.5 Å². The summed E-state index contributed by atoms with van der Waals surface area (Å²) in [5.41, 5.74) is 0.676. The van der Waals surface area contributed by atoms with Crippen molar-refractivity contribution in [3.63, 3.8) is 0 Å². The number of amides is 1. The molecule has 8 nitrogen and oxygen atoms in total. The second-order valence-corrected chi connectivity index (χ2v) is 9.71. The summed E-state index contributed by atoms with van der Waals surface area (Å²) in [4.78, 5) is 12.8. The third kappa shape index (κ3) is 4.16. The van der Waals surface area contributed by atoms with Crippen molar-refractivity contribution in [2.24, 2.45) is 0 Å². The fraction of sp³-hybridized carbons (Fsp3) is 0.450. The minimum atomic E-state index is -3.20. The Morgan fingerprint density at radius 2 is 2.14 bits per heavy atom. The van der Waals surface area contributed by atoms with Gasteiger partial charge < -0.3 is 9.84 Å². The van der Waals surface area contributed by atoms with Crippen LogP contribution >= 0.6 is 10.8 Å². The summed E-state index contributed by atoms with van der Waals surface area (Å²) in [6.45, 7) is 2.32. The van der Waals surface area contributed by atoms with Gasteiger partial charge in [-0.25, -0.2) is 0 Å². The Balaban J connectivity index is 1.39. The molecule has 154 valence electrons. The van der Waals surface area contributed by atoms with Crippen molar-refractivity contribution < 1.29 is 18.4 Å². The number of carbonyl (C=O) groups excluding carboxylic acids is 1. The van der Waals surface area contributed by atoms with Crippen molar-refractivity contribution in [2.75, 3.05) is 6.54 Å². The lowest BCUT2D eigenvalue weighted by Gasteiger charge is -2.49. The number of nitriles is 1. The second-order valence-electron chi connectivity index (χ2n) is 7.73. The number of hydrogen-bond acceptors (Lipinski definition) is 7. The van der Waals surface area contributed by atoms with Crippen LogP contribution in [-0.4, -0.2) is 43.1 Å². The van der Waals surface area contributed by atoms with Gasteiger partial charge in [-0.15, -0.1) is 10.8 Å². The van der Waals surface area contributed by atoms with E-state index in [4.69, 9.17) is 9.78 Å². The first-order chi connectivity index (χ1) is 13.9. The SMILES string of the molecule is C[C@H]1C[C@@H](NC(=O)c2cc(C3CC3)on2)CCN1S(O)(O)c1cccc(C#N)c1. The summed E-state index contributed by atoms with van der Waals surface area (Å²) >= 11 is 0. The third-order valence-corrected chi connectivity index (χ3v) is 7.58. The Kier molecular flexibility index (Phi) is 5.36. The maximum Gasteiger partial charge on any atom is 0.273 e. The summed E-state index contributed by atoms with van der Waals surface area (Å²) < 4.78 is 28.6. The van der Waals surface area contributed by atoms with Crippen molar-refractivity contribution in [1.29, 1.82) is 5.26 Å². The molecule has 3 N–H and O–H groups in total. The van der Waals surface area contributed by atoms with E-state index < -0.39 is 10.8 Å². The number of hydrogen-bond donors (Lipinski definition) is 3. The first-order valence-electron chi connectivity index (χ1n) is 9.71. The molecule has 1 aromatic carbocycles. The summed E-state index contributed by atoms with van der Waals surface area (Å²) in [6, 6.07) is 9.89. The Morgan fingerprint density at radius 3 is 2.83 bits per heavy atom. The molecule has 0 spiro atoms. The average Bonchev–Trinajstić information content (AvgIpc) is 3.44. The molecule has 1 aromatic heterocycles. The van der Waals surface area contributed by atoms with Crippen LogP contribution in [0, 0.1) is 11.3 Å². The normalized spacial score (nSPS) is 23.4. The predicted octanol–water partition coefficient (Wildman–Crippen LogP) is 3.73. The summed E-state index contributed by atoms with van der Waals surface area (Å²) in [7, 11) is -3.20. The minimum Gasteiger partial charge on any atom is -0.360 e. The average molecular weight is 417 g/mol. The molecular weight excluding hydrogens is 392 g/mol. The van der Waals surface area contributed by atoms with Crippen LogP contribution in [0.5, 0.6) is 0 Å². The van der Waals surface area contributed by atoms with E-state index in [1.807, 2.05) is 13.0 Å². The lowest BCUT2D eigenvalue weighted by Crippen LogP contribution is -2.49. The smallest absolute Gasteiger partial charge is 0.273 e. The summed E-state index contributed by atoms with van der Waals surface area (Å²) in [5, 5.41) is 15.9. The van der Waals surface area contributed by atoms with Gasteiger partial charge in [0.05, 0.1) is 16.5 Å². The second kappa shape index (κ2) is 7.80. The summed E-state index contributed by atoms with van der Waals surface area (Å²) in [5.74, 6) is 0.906. The number of nitrogens with zero attached hydrogens (tertiary/aromatic N) is 3. The Hall–Kier alpha value is -2.38. The molecule has 2 aromatic rings. The number of benzene rings is 1. The number of aromatic nitrogens is 1. The van der Waals surface area contributed by atoms with Crippen molar-refractivity contribution in [2.45, 2.75) is 55.5 Å². The van der Waals surface area contributed by atoms with Gasteiger partial charge in [0.25, 0.3) is 5.91 Å². The molecule has 2 fully saturated rings. The van der Waals surface area contributed by atoms with Crippen LogP contribution in [0.4, 0.5) is 0 Å². The quantitative estimate of drug-likeness (QED) is 0.678. The van der Waals surface area contributed by atoms with E-state index in [9.17, 15) is 13.9 Å². The monoisotopic (exact) mass is 416 g/mol. The zero-order valence-electron chi connectivity index (χ0n) is 16.1. The largest absolute Gasteiger partial charge is 0.360 e. The molecular formula is C20H24N4O4S. The van der Waals surface area contributed by atoms with E-state index in [1.54, 1.807) is 28.6 Å². The van der Waals surface area contributed by atoms with Gasteiger partial charge in [-0.1, -0.05) is 11.2 Å². The van der Waals surface area contributed by atoms with Crippen LogP contribution in [0.3, 0.4) is 0 Å². The molecule has 1 saturated heterocycles. The highest BCUT2D eigenvalue weighted by atomic mass is 32.3. The fourth-order valence-corrected chi connectivity index (χ4v) is 5.51. The van der Waals surface area contributed by atoms with Crippen molar-refractivity contribution in [1.82, 2.24) is 14.8 Å². The fourth-order valence-electron chi connectivity index (χ4n) is 3.75. The van der Waals surface area contributed by atoms with Gasteiger partial charge in [0.15, 0.2) is 5.69 Å². The molecule has 4 rings (SSSR count). The maximum atomic E-state index is 12.5. The Morgan fingerprint density at radius 1 is 1.34 bits per heavy atom. The Bertz CT molecular complexity index is 950. The standard InChI is InChI=1S/C20H24N4O4S/c1-13-9-16(22-20(25)18-11-19(28-23-18)15-5-6-15)7-8-24(13)29(26,27)17-4-2-3-14(10-17)12-21/h2-4,10-11,13,15-16,26-27H,5-9H2,1H3,(H,22,25)/t13-,16-/m0/s1. The van der Waals surface area contributed by atoms with E-state index in [1.165, 1.54) is 6.07 Å². The van der Waals surface area contributed by atoms with Gasteiger partial charge in [0.1, 0.15) is 5.76 Å². The number of carbonyl (C=O) groups is 1. The molecule has 0 bridgehead atoms. The van der Waals surface area contributed by atoms with E-state index >= 15 is 0 Å². The molecule has 9 heteroatoms. The van der Waals surface area contributed by atoms with Gasteiger partial charge in [0, 0.05) is 30.6 Å². The van der Waals surface area contributed by atoms with Crippen LogP contribution in [-0.2, 0) is 0 Å². The third-order valence-electron chi connectivity index (χ3n) is 5.50. The molecule has 1 aliphatic heterocycles. The van der Waals surface area contributed by atoms with Gasteiger partial charge in [-0.05, 0) is 50.8 Å². The van der Waals surface area contributed by atoms with Gasteiger partial charge in [0.2, 0.25) is 0 Å². The van der Waals surface area contributed by atoms with E-state index in [0.29, 0.717) is 41.5 Å². The molecule has 2 heterocycles. The highest BCUT2D eigenvalue weighted by Gasteiger charge is 2.36. The predicted molar refractivity (Wildman–Crippen MR) is 107 cm³/mol. The molecule has 29 heavy (non-hydrogen) atoms. The van der Waals surface area contributed by atoms with Crippen LogP contribution in [0.15, 0.2) is 39.8 Å². The molecule has 2 atom stereocenters. The first-order valence-corrected chi connectivity index (χ1v) is 11.2. The highest BCUT2D eigenvalue weighted by molar-refractivity contribution is 8.22. The lowest BCUT2D eigenvalue weighted by molar-refractivity contribution is 0.0903. The van der Waals surface area contributed by atoms with Gasteiger partial charge >= 0.3 is 0 Å². The zero-order valence-corrected chi connectivity index (χ0v) is 16.9. The Labute approximate surface area is 171 Å². The first kappa shape index (κ1) is 19.9. The van der Waals surface area contributed by atoms with Crippen LogP contribution in [0.25, 0.3) is 0 Å². The molecule has 2 aliphatic rings. The highest BCUT2D eigenvalue weighted by Crippen LogP contribution is 2.54. The van der Waals surface area contributed by atoms with E-state index in [0.717, 1.165) is 18.6 Å². The number of nitrogens with one attached hydrogen (secondary N) is 1. The van der Waals surface area contributed by atoms with Crippen molar-refractivity contribution in [3.8, 4) is 6.07 Å². The summed E-state index contributed by atoms with van der Waals surface area (Å²) in [6.07, 6.45) is 3.32. The molecule has 1 aliphatic carbocycles. The van der Waals surface area contributed by atoms with Crippen molar-refractivity contribution in [3.05, 3.63) is 47.3 Å². The minimum absolute atomic E-state index is 0.0875. The molecule has 0 radical (unpaired) electrons.